The minimum Gasteiger partial charge on any atom is -0.325 e. The molecule has 3 N–H and O–H groups in total. The Labute approximate surface area is 96.4 Å². The number of hydrogen-bond donors (Lipinski definition) is 2. The van der Waals surface area contributed by atoms with E-state index in [1.165, 1.54) is 5.56 Å². The van der Waals surface area contributed by atoms with E-state index in [1.54, 1.807) is 0 Å². The lowest BCUT2D eigenvalue weighted by Gasteiger charge is -2.15. The molecule has 0 aromatic heterocycles. The molecule has 0 saturated heterocycles. The standard InChI is InChI=1S/C12H19N3O/c1-9-4-5-11(14-12(16)7-13)10(6-9)8-15(2)3/h4-6H,7-8,13H2,1-3H3,(H,14,16). The number of aryl methyl sites for hydroxylation is 1. The van der Waals surface area contributed by atoms with Crippen LogP contribution < -0.4 is 11.1 Å². The summed E-state index contributed by atoms with van der Waals surface area (Å²) in [6.45, 7) is 2.84. The number of nitrogens with zero attached hydrogens (tertiary/aromatic N) is 1. The second-order valence-corrected chi connectivity index (χ2v) is 4.15. The van der Waals surface area contributed by atoms with Gasteiger partial charge >= 0.3 is 0 Å². The van der Waals surface area contributed by atoms with Crippen LogP contribution >= 0.6 is 0 Å². The van der Waals surface area contributed by atoms with Crippen molar-refractivity contribution >= 4 is 11.6 Å². The van der Waals surface area contributed by atoms with Crippen LogP contribution in [0.4, 0.5) is 5.69 Å². The fraction of sp³-hybridized carbons (Fsp3) is 0.417. The van der Waals surface area contributed by atoms with Crippen molar-refractivity contribution < 1.29 is 4.79 Å². The summed E-state index contributed by atoms with van der Waals surface area (Å²) >= 11 is 0. The first-order chi connectivity index (χ1) is 7.52. The Morgan fingerprint density at radius 3 is 2.69 bits per heavy atom. The van der Waals surface area contributed by atoms with Crippen molar-refractivity contribution in [2.24, 2.45) is 5.73 Å². The van der Waals surface area contributed by atoms with Crippen molar-refractivity contribution in [1.82, 2.24) is 4.90 Å². The van der Waals surface area contributed by atoms with Gasteiger partial charge in [-0.2, -0.15) is 0 Å². The number of rotatable bonds is 4. The molecule has 1 aromatic carbocycles. The van der Waals surface area contributed by atoms with Crippen LogP contribution in [0, 0.1) is 6.92 Å². The Bertz CT molecular complexity index is 375. The molecule has 0 radical (unpaired) electrons. The highest BCUT2D eigenvalue weighted by Gasteiger charge is 2.06. The van der Waals surface area contributed by atoms with Crippen molar-refractivity contribution in [2.75, 3.05) is 26.0 Å². The minimum atomic E-state index is -0.163. The zero-order valence-corrected chi connectivity index (χ0v) is 10.1. The number of nitrogens with one attached hydrogen (secondary N) is 1. The number of hydrogen-bond acceptors (Lipinski definition) is 3. The van der Waals surface area contributed by atoms with Gasteiger partial charge in [-0.15, -0.1) is 0 Å². The number of anilines is 1. The molecular formula is C12H19N3O. The molecule has 0 atom stereocenters. The van der Waals surface area contributed by atoms with Crippen molar-refractivity contribution in [2.45, 2.75) is 13.5 Å². The van der Waals surface area contributed by atoms with Crippen LogP contribution in [0.25, 0.3) is 0 Å². The highest BCUT2D eigenvalue weighted by molar-refractivity contribution is 5.92. The number of carbonyl (C=O) groups is 1. The highest BCUT2D eigenvalue weighted by atomic mass is 16.1. The summed E-state index contributed by atoms with van der Waals surface area (Å²) in [5.74, 6) is -0.163. The molecule has 1 amide bonds. The molecule has 0 spiro atoms. The monoisotopic (exact) mass is 221 g/mol. The van der Waals surface area contributed by atoms with Crippen LogP contribution in [0.5, 0.6) is 0 Å². The van der Waals surface area contributed by atoms with Crippen molar-refractivity contribution in [1.29, 1.82) is 0 Å². The lowest BCUT2D eigenvalue weighted by molar-refractivity contribution is -0.114. The largest absolute Gasteiger partial charge is 0.325 e. The average molecular weight is 221 g/mol. The Balaban J connectivity index is 2.93. The van der Waals surface area contributed by atoms with E-state index in [0.29, 0.717) is 0 Å². The Hall–Kier alpha value is -1.39. The van der Waals surface area contributed by atoms with Gasteiger partial charge in [0.15, 0.2) is 0 Å². The summed E-state index contributed by atoms with van der Waals surface area (Å²) in [6, 6.07) is 5.97. The van der Waals surface area contributed by atoms with Crippen molar-refractivity contribution in [3.63, 3.8) is 0 Å². The summed E-state index contributed by atoms with van der Waals surface area (Å²) in [6.07, 6.45) is 0. The molecule has 4 nitrogen and oxygen atoms in total. The lowest BCUT2D eigenvalue weighted by atomic mass is 10.1. The van der Waals surface area contributed by atoms with Gasteiger partial charge in [0.2, 0.25) is 5.91 Å². The molecule has 0 bridgehead atoms. The minimum absolute atomic E-state index is 0.00921. The summed E-state index contributed by atoms with van der Waals surface area (Å²) < 4.78 is 0. The van der Waals surface area contributed by atoms with E-state index in [9.17, 15) is 4.79 Å². The molecule has 0 aliphatic rings. The maximum absolute atomic E-state index is 11.3. The zero-order chi connectivity index (χ0) is 12.1. The van der Waals surface area contributed by atoms with Gasteiger partial charge in [-0.25, -0.2) is 0 Å². The van der Waals surface area contributed by atoms with Gasteiger partial charge in [0.05, 0.1) is 6.54 Å². The molecule has 0 aliphatic heterocycles. The fourth-order valence-electron chi connectivity index (χ4n) is 1.52. The van der Waals surface area contributed by atoms with E-state index in [2.05, 4.69) is 16.3 Å². The molecule has 0 aliphatic carbocycles. The smallest absolute Gasteiger partial charge is 0.238 e. The van der Waals surface area contributed by atoms with Gasteiger partial charge in [0, 0.05) is 12.2 Å². The number of nitrogens with two attached hydrogens (primary N) is 1. The van der Waals surface area contributed by atoms with Crippen LogP contribution in [0.1, 0.15) is 11.1 Å². The van der Waals surface area contributed by atoms with E-state index in [4.69, 9.17) is 5.73 Å². The van der Waals surface area contributed by atoms with Gasteiger partial charge in [0.25, 0.3) is 0 Å². The third-order valence-electron chi connectivity index (χ3n) is 2.21. The van der Waals surface area contributed by atoms with E-state index in [1.807, 2.05) is 33.2 Å². The first-order valence-electron chi connectivity index (χ1n) is 5.27. The number of benzene rings is 1. The van der Waals surface area contributed by atoms with E-state index < -0.39 is 0 Å². The maximum atomic E-state index is 11.3. The van der Waals surface area contributed by atoms with E-state index >= 15 is 0 Å². The first-order valence-corrected chi connectivity index (χ1v) is 5.27. The molecule has 4 heteroatoms. The van der Waals surface area contributed by atoms with Gasteiger partial charge < -0.3 is 16.0 Å². The lowest BCUT2D eigenvalue weighted by Crippen LogP contribution is -2.23. The maximum Gasteiger partial charge on any atom is 0.238 e. The van der Waals surface area contributed by atoms with Gasteiger partial charge in [-0.3, -0.25) is 4.79 Å². The van der Waals surface area contributed by atoms with Crippen molar-refractivity contribution in [3.05, 3.63) is 29.3 Å². The third-order valence-corrected chi connectivity index (χ3v) is 2.21. The Morgan fingerprint density at radius 2 is 2.12 bits per heavy atom. The second kappa shape index (κ2) is 5.63. The average Bonchev–Trinajstić information content (AvgIpc) is 2.21. The molecule has 16 heavy (non-hydrogen) atoms. The summed E-state index contributed by atoms with van der Waals surface area (Å²) in [7, 11) is 3.99. The summed E-state index contributed by atoms with van der Waals surface area (Å²) in [5.41, 5.74) is 8.41. The summed E-state index contributed by atoms with van der Waals surface area (Å²) in [4.78, 5) is 13.3. The van der Waals surface area contributed by atoms with E-state index in [0.717, 1.165) is 17.8 Å². The van der Waals surface area contributed by atoms with Crippen LogP contribution in [0.3, 0.4) is 0 Å². The van der Waals surface area contributed by atoms with Crippen LogP contribution in [0.15, 0.2) is 18.2 Å². The predicted octanol–water partition coefficient (Wildman–Crippen LogP) is 0.954. The van der Waals surface area contributed by atoms with E-state index in [-0.39, 0.29) is 12.5 Å². The van der Waals surface area contributed by atoms with Gasteiger partial charge in [0.1, 0.15) is 0 Å². The topological polar surface area (TPSA) is 58.4 Å². The molecule has 1 rings (SSSR count). The molecule has 0 saturated carbocycles. The molecule has 0 unspecified atom stereocenters. The predicted molar refractivity (Wildman–Crippen MR) is 66.3 cm³/mol. The highest BCUT2D eigenvalue weighted by Crippen LogP contribution is 2.18. The quantitative estimate of drug-likeness (QED) is 0.796. The van der Waals surface area contributed by atoms with Crippen molar-refractivity contribution in [3.8, 4) is 0 Å². The molecule has 0 heterocycles. The zero-order valence-electron chi connectivity index (χ0n) is 10.1. The van der Waals surface area contributed by atoms with Crippen LogP contribution in [-0.4, -0.2) is 31.4 Å². The normalized spacial score (nSPS) is 10.6. The van der Waals surface area contributed by atoms with Gasteiger partial charge in [-0.05, 0) is 32.6 Å². The SMILES string of the molecule is Cc1ccc(NC(=O)CN)c(CN(C)C)c1. The molecule has 1 aromatic rings. The Kier molecular flexibility index (Phi) is 4.46. The fourth-order valence-corrected chi connectivity index (χ4v) is 1.52. The summed E-state index contributed by atoms with van der Waals surface area (Å²) in [5, 5.41) is 2.80. The molecule has 0 fully saturated rings. The molecular weight excluding hydrogens is 202 g/mol. The van der Waals surface area contributed by atoms with Crippen LogP contribution in [-0.2, 0) is 11.3 Å². The van der Waals surface area contributed by atoms with Crippen LogP contribution in [0.2, 0.25) is 0 Å². The third kappa shape index (κ3) is 3.64. The second-order valence-electron chi connectivity index (χ2n) is 4.15. The number of amides is 1. The number of carbonyl (C=O) groups excluding carboxylic acids is 1. The molecule has 88 valence electrons. The Morgan fingerprint density at radius 1 is 1.44 bits per heavy atom. The van der Waals surface area contributed by atoms with Gasteiger partial charge in [-0.1, -0.05) is 17.7 Å². The first kappa shape index (κ1) is 12.7.